The summed E-state index contributed by atoms with van der Waals surface area (Å²) in [5.41, 5.74) is -1.06. The van der Waals surface area contributed by atoms with Crippen molar-refractivity contribution in [2.75, 3.05) is 32.7 Å². The van der Waals surface area contributed by atoms with Gasteiger partial charge in [-0.2, -0.15) is 0 Å². The van der Waals surface area contributed by atoms with Crippen LogP contribution in [0.25, 0.3) is 0 Å². The standard InChI is InChI=1S/C32H55N7O6S/c1-9-11-13-22(25(40)28(42)33-14-10-2)35-27(41)24-21-17-20(21)18-39(24)29(43)26(32(6,7)8)37-30(44)36-23(31(3,4)5)19-38-16-12-15-34-46(38)45/h10,20-24,26,34H,2,9,11-19H2,1,3-8H3,(H,33,42)(H,35,41)(H2,36,37,44)/t20-,21-,22?,23+,24-,26+,46?/m0/s1. The predicted octanol–water partition coefficient (Wildman–Crippen LogP) is 1.38. The normalized spacial score (nSPS) is 25.0. The first-order valence-corrected chi connectivity index (χ1v) is 17.6. The number of carbonyl (C=O) groups is 5. The topological polar surface area (TPSA) is 169 Å². The number of Topliss-reactive ketones (excluding diaryl/α,β-unsaturated/α-hetero) is 1. The molecule has 0 spiro atoms. The summed E-state index contributed by atoms with van der Waals surface area (Å²) in [7, 11) is 0. The molecule has 0 aromatic carbocycles. The maximum Gasteiger partial charge on any atom is 0.315 e. The second kappa shape index (κ2) is 15.8. The fourth-order valence-electron chi connectivity index (χ4n) is 6.01. The van der Waals surface area contributed by atoms with E-state index in [2.05, 4.69) is 32.6 Å². The highest BCUT2D eigenvalue weighted by Gasteiger charge is 2.58. The predicted molar refractivity (Wildman–Crippen MR) is 177 cm³/mol. The van der Waals surface area contributed by atoms with Crippen LogP contribution in [0, 0.1) is 22.7 Å². The summed E-state index contributed by atoms with van der Waals surface area (Å²) in [6.07, 6.45) is 4.82. The molecule has 0 bridgehead atoms. The molecule has 46 heavy (non-hydrogen) atoms. The molecule has 7 atom stereocenters. The molecule has 0 aromatic heterocycles. The Morgan fingerprint density at radius 2 is 1.74 bits per heavy atom. The summed E-state index contributed by atoms with van der Waals surface area (Å²) in [6.45, 7) is 19.2. The number of nitrogens with zero attached hydrogens (tertiary/aromatic N) is 2. The minimum absolute atomic E-state index is 0.0424. The van der Waals surface area contributed by atoms with Crippen molar-refractivity contribution in [1.82, 2.24) is 35.2 Å². The van der Waals surface area contributed by atoms with Gasteiger partial charge >= 0.3 is 6.03 Å². The summed E-state index contributed by atoms with van der Waals surface area (Å²) < 4.78 is 17.3. The highest BCUT2D eigenvalue weighted by atomic mass is 32.2. The van der Waals surface area contributed by atoms with Gasteiger partial charge in [-0.15, -0.1) is 6.58 Å². The highest BCUT2D eigenvalue weighted by Crippen LogP contribution is 2.50. The number of rotatable bonds is 14. The SMILES string of the molecule is C=CCNC(=O)C(=O)C(CCCC)NC(=O)[C@@H]1[C@H]2C[C@H]2CN1C(=O)[C@@H](NC(=O)N[C@H](CN1CCCNS1=O)C(C)(C)C)C(C)(C)C. The zero-order valence-electron chi connectivity index (χ0n) is 28.6. The summed E-state index contributed by atoms with van der Waals surface area (Å²) in [4.78, 5) is 68.3. The van der Waals surface area contributed by atoms with E-state index in [0.717, 1.165) is 19.3 Å². The number of nitrogens with one attached hydrogen (secondary N) is 5. The maximum absolute atomic E-state index is 14.2. The molecule has 5 amide bonds. The average molecular weight is 666 g/mol. The van der Waals surface area contributed by atoms with Crippen LogP contribution < -0.4 is 26.0 Å². The maximum atomic E-state index is 14.2. The van der Waals surface area contributed by atoms with Crippen LogP contribution in [0.15, 0.2) is 12.7 Å². The molecular weight excluding hydrogens is 610 g/mol. The quantitative estimate of drug-likeness (QED) is 0.139. The molecule has 3 rings (SSSR count). The molecule has 0 radical (unpaired) electrons. The van der Waals surface area contributed by atoms with E-state index in [0.29, 0.717) is 39.0 Å². The van der Waals surface area contributed by atoms with Crippen molar-refractivity contribution in [3.63, 3.8) is 0 Å². The number of amides is 5. The average Bonchev–Trinajstić information content (AvgIpc) is 3.64. The number of fused-ring (bicyclic) bond motifs is 1. The minimum atomic E-state index is -1.34. The monoisotopic (exact) mass is 665 g/mol. The molecule has 3 fully saturated rings. The fraction of sp³-hybridized carbons (Fsp3) is 0.781. The highest BCUT2D eigenvalue weighted by molar-refractivity contribution is 7.80. The summed E-state index contributed by atoms with van der Waals surface area (Å²) >= 11 is -1.34. The van der Waals surface area contributed by atoms with E-state index in [4.69, 9.17) is 0 Å². The zero-order valence-corrected chi connectivity index (χ0v) is 29.4. The third-order valence-corrected chi connectivity index (χ3v) is 10.2. The Labute approximate surface area is 276 Å². The molecule has 2 unspecified atom stereocenters. The molecule has 3 aliphatic rings. The third-order valence-electron chi connectivity index (χ3n) is 8.98. The van der Waals surface area contributed by atoms with Crippen LogP contribution in [0.1, 0.15) is 80.6 Å². The van der Waals surface area contributed by atoms with E-state index in [9.17, 15) is 28.2 Å². The van der Waals surface area contributed by atoms with Gasteiger partial charge in [-0.1, -0.05) is 67.4 Å². The van der Waals surface area contributed by atoms with Gasteiger partial charge in [0.25, 0.3) is 5.91 Å². The van der Waals surface area contributed by atoms with E-state index in [1.807, 2.05) is 48.5 Å². The summed E-state index contributed by atoms with van der Waals surface area (Å²) in [5, 5.41) is 11.2. The largest absolute Gasteiger partial charge is 0.346 e. The number of hydrogen-bond donors (Lipinski definition) is 5. The van der Waals surface area contributed by atoms with Gasteiger partial charge in [0.15, 0.2) is 11.2 Å². The van der Waals surface area contributed by atoms with Crippen LogP contribution in [0.5, 0.6) is 0 Å². The number of urea groups is 1. The Morgan fingerprint density at radius 1 is 1.04 bits per heavy atom. The van der Waals surface area contributed by atoms with Crippen molar-refractivity contribution < 1.29 is 28.2 Å². The van der Waals surface area contributed by atoms with Gasteiger partial charge in [0, 0.05) is 38.8 Å². The van der Waals surface area contributed by atoms with Crippen molar-refractivity contribution in [3.8, 4) is 0 Å². The first kappa shape index (κ1) is 37.6. The molecule has 2 aliphatic heterocycles. The van der Waals surface area contributed by atoms with E-state index in [1.54, 1.807) is 4.31 Å². The van der Waals surface area contributed by atoms with E-state index >= 15 is 0 Å². The van der Waals surface area contributed by atoms with E-state index < -0.39 is 58.3 Å². The Morgan fingerprint density at radius 3 is 2.33 bits per heavy atom. The van der Waals surface area contributed by atoms with Crippen LogP contribution in [0.3, 0.4) is 0 Å². The van der Waals surface area contributed by atoms with Crippen molar-refractivity contribution >= 4 is 40.7 Å². The molecule has 260 valence electrons. The Balaban J connectivity index is 1.75. The lowest BCUT2D eigenvalue weighted by Crippen LogP contribution is -2.62. The molecular formula is C32H55N7O6S. The van der Waals surface area contributed by atoms with Gasteiger partial charge in [0.1, 0.15) is 12.1 Å². The van der Waals surface area contributed by atoms with Gasteiger partial charge in [0.2, 0.25) is 17.6 Å². The first-order chi connectivity index (χ1) is 21.5. The molecule has 14 heteroatoms. The lowest BCUT2D eigenvalue weighted by molar-refractivity contribution is -0.144. The Kier molecular flexibility index (Phi) is 12.9. The number of hydrogen-bond acceptors (Lipinski definition) is 6. The van der Waals surface area contributed by atoms with Crippen molar-refractivity contribution in [1.29, 1.82) is 0 Å². The van der Waals surface area contributed by atoms with Gasteiger partial charge in [0.05, 0.1) is 6.04 Å². The van der Waals surface area contributed by atoms with Gasteiger partial charge < -0.3 is 26.2 Å². The van der Waals surface area contributed by atoms with Crippen LogP contribution in [-0.2, 0) is 30.3 Å². The molecule has 2 heterocycles. The van der Waals surface area contributed by atoms with Gasteiger partial charge in [-0.3, -0.25) is 19.2 Å². The molecule has 0 aromatic rings. The van der Waals surface area contributed by atoms with Crippen LogP contribution in [-0.4, -0.2) is 99.8 Å². The summed E-state index contributed by atoms with van der Waals surface area (Å²) in [5.74, 6) is -2.22. The number of carbonyl (C=O) groups excluding carboxylic acids is 5. The molecule has 13 nitrogen and oxygen atoms in total. The Bertz CT molecular complexity index is 1180. The summed E-state index contributed by atoms with van der Waals surface area (Å²) in [6, 6.07) is -3.65. The smallest absolute Gasteiger partial charge is 0.315 e. The van der Waals surface area contributed by atoms with E-state index in [-0.39, 0.29) is 35.7 Å². The van der Waals surface area contributed by atoms with Crippen molar-refractivity contribution in [3.05, 3.63) is 12.7 Å². The van der Waals surface area contributed by atoms with Crippen molar-refractivity contribution in [2.45, 2.75) is 105 Å². The molecule has 5 N–H and O–H groups in total. The first-order valence-electron chi connectivity index (χ1n) is 16.5. The van der Waals surface area contributed by atoms with E-state index in [1.165, 1.54) is 11.0 Å². The molecule has 1 saturated carbocycles. The van der Waals surface area contributed by atoms with Crippen LogP contribution in [0.4, 0.5) is 4.79 Å². The number of ketones is 1. The number of unbranched alkanes of at least 4 members (excludes halogenated alkanes) is 1. The van der Waals surface area contributed by atoms with Gasteiger partial charge in [-0.25, -0.2) is 18.0 Å². The van der Waals surface area contributed by atoms with Crippen LogP contribution in [0.2, 0.25) is 0 Å². The minimum Gasteiger partial charge on any atom is -0.346 e. The number of likely N-dealkylation sites (tertiary alicyclic amines) is 1. The second-order valence-electron chi connectivity index (χ2n) is 14.9. The third kappa shape index (κ3) is 9.83. The van der Waals surface area contributed by atoms with Crippen molar-refractivity contribution in [2.24, 2.45) is 22.7 Å². The lowest BCUT2D eigenvalue weighted by atomic mass is 9.85. The lowest BCUT2D eigenvalue weighted by Gasteiger charge is -2.39. The molecule has 1 aliphatic carbocycles. The molecule has 2 saturated heterocycles. The Hall–Kier alpha value is -2.84. The zero-order chi connectivity index (χ0) is 34.4. The van der Waals surface area contributed by atoms with Gasteiger partial charge in [-0.05, 0) is 41.9 Å². The fourth-order valence-corrected chi connectivity index (χ4v) is 7.09. The van der Waals surface area contributed by atoms with Crippen LogP contribution >= 0.6 is 0 Å². The second-order valence-corrected chi connectivity index (χ2v) is 16.2. The number of piperidine rings is 1.